The molecule has 3 aromatic rings. The van der Waals surface area contributed by atoms with Crippen molar-refractivity contribution in [1.29, 1.82) is 0 Å². The Morgan fingerprint density at radius 2 is 1.91 bits per heavy atom. The molecule has 0 amide bonds. The lowest BCUT2D eigenvalue weighted by molar-refractivity contribution is 0.104. The molecule has 22 heavy (non-hydrogen) atoms. The van der Waals surface area contributed by atoms with Crippen LogP contribution in [-0.4, -0.2) is 15.8 Å². The van der Waals surface area contributed by atoms with Gasteiger partial charge in [-0.1, -0.05) is 23.7 Å². The van der Waals surface area contributed by atoms with E-state index in [9.17, 15) is 4.79 Å². The van der Waals surface area contributed by atoms with E-state index in [2.05, 4.69) is 9.97 Å². The highest BCUT2D eigenvalue weighted by Crippen LogP contribution is 2.29. The maximum Gasteiger partial charge on any atom is 0.205 e. The van der Waals surface area contributed by atoms with Crippen molar-refractivity contribution in [2.24, 2.45) is 0 Å². The van der Waals surface area contributed by atoms with Crippen LogP contribution in [0.25, 0.3) is 16.5 Å². The molecule has 108 valence electrons. The molecule has 3 rings (SSSR count). The minimum absolute atomic E-state index is 0.158. The molecule has 0 saturated heterocycles. The number of hydrogen-bond acceptors (Lipinski definition) is 4. The van der Waals surface area contributed by atoms with Gasteiger partial charge in [0.15, 0.2) is 0 Å². The molecule has 0 saturated carbocycles. The quantitative estimate of drug-likeness (QED) is 0.513. The first-order valence-electron chi connectivity index (χ1n) is 6.56. The fraction of sp³-hybridized carbons (Fsp3) is 0. The second-order valence-corrected chi connectivity index (χ2v) is 6.05. The number of rotatable bonds is 4. The number of thiophene rings is 1. The molecule has 0 radical (unpaired) electrons. The van der Waals surface area contributed by atoms with Gasteiger partial charge in [-0.3, -0.25) is 9.78 Å². The number of aromatic nitrogens is 2. The molecular weight excluding hydrogens is 316 g/mol. The highest BCUT2D eigenvalue weighted by molar-refractivity contribution is 7.16. The zero-order chi connectivity index (χ0) is 15.4. The smallest absolute Gasteiger partial charge is 0.205 e. The molecule has 3 nitrogen and oxygen atoms in total. The standard InChI is InChI=1S/C17H11ClN2OS/c18-13-3-1-12(2-4-13)17-8-6-14(22-17)5-7-16(21)15-11-19-9-10-20-15/h1-11H/b7-5+. The molecule has 0 fully saturated rings. The van der Waals surface area contributed by atoms with Crippen molar-refractivity contribution >= 4 is 34.8 Å². The van der Waals surface area contributed by atoms with Crippen LogP contribution in [0.1, 0.15) is 15.4 Å². The van der Waals surface area contributed by atoms with Crippen molar-refractivity contribution in [3.63, 3.8) is 0 Å². The molecule has 0 aliphatic carbocycles. The van der Waals surface area contributed by atoms with E-state index in [1.807, 2.05) is 36.4 Å². The Morgan fingerprint density at radius 3 is 2.64 bits per heavy atom. The van der Waals surface area contributed by atoms with Crippen LogP contribution in [0.3, 0.4) is 0 Å². The van der Waals surface area contributed by atoms with E-state index in [0.717, 1.165) is 20.3 Å². The van der Waals surface area contributed by atoms with E-state index in [-0.39, 0.29) is 5.78 Å². The molecule has 2 heterocycles. The van der Waals surface area contributed by atoms with E-state index >= 15 is 0 Å². The third-order valence-electron chi connectivity index (χ3n) is 2.97. The zero-order valence-electron chi connectivity index (χ0n) is 11.4. The molecule has 1 aromatic carbocycles. The van der Waals surface area contributed by atoms with Crippen LogP contribution in [0, 0.1) is 0 Å². The molecule has 0 N–H and O–H groups in total. The first-order chi connectivity index (χ1) is 10.7. The van der Waals surface area contributed by atoms with Gasteiger partial charge >= 0.3 is 0 Å². The van der Waals surface area contributed by atoms with Gasteiger partial charge in [0.2, 0.25) is 5.78 Å². The number of carbonyl (C=O) groups is 1. The van der Waals surface area contributed by atoms with Crippen LogP contribution in [0.4, 0.5) is 0 Å². The number of benzene rings is 1. The Bertz CT molecular complexity index is 810. The third-order valence-corrected chi connectivity index (χ3v) is 4.32. The lowest BCUT2D eigenvalue weighted by Gasteiger charge is -1.96. The van der Waals surface area contributed by atoms with Gasteiger partial charge in [-0.05, 0) is 42.0 Å². The highest BCUT2D eigenvalue weighted by Gasteiger charge is 2.04. The lowest BCUT2D eigenvalue weighted by Crippen LogP contribution is -1.97. The van der Waals surface area contributed by atoms with Crippen LogP contribution in [-0.2, 0) is 0 Å². The van der Waals surface area contributed by atoms with E-state index in [1.165, 1.54) is 24.7 Å². The van der Waals surface area contributed by atoms with E-state index in [0.29, 0.717) is 5.69 Å². The third kappa shape index (κ3) is 3.47. The molecule has 0 spiro atoms. The van der Waals surface area contributed by atoms with E-state index in [4.69, 9.17) is 11.6 Å². The molecule has 0 bridgehead atoms. The van der Waals surface area contributed by atoms with Gasteiger partial charge in [-0.2, -0.15) is 0 Å². The topological polar surface area (TPSA) is 42.9 Å². The highest BCUT2D eigenvalue weighted by atomic mass is 35.5. The number of nitrogens with zero attached hydrogens (tertiary/aromatic N) is 2. The second-order valence-electron chi connectivity index (χ2n) is 4.50. The zero-order valence-corrected chi connectivity index (χ0v) is 13.0. The minimum atomic E-state index is -0.158. The average molecular weight is 327 g/mol. The number of hydrogen-bond donors (Lipinski definition) is 0. The average Bonchev–Trinajstić information content (AvgIpc) is 3.03. The van der Waals surface area contributed by atoms with Crippen molar-refractivity contribution in [3.05, 3.63) is 76.7 Å². The fourth-order valence-electron chi connectivity index (χ4n) is 1.88. The summed E-state index contributed by atoms with van der Waals surface area (Å²) in [4.78, 5) is 21.9. The first kappa shape index (κ1) is 14.6. The van der Waals surface area contributed by atoms with E-state index < -0.39 is 0 Å². The Labute approximate surface area is 136 Å². The Hall–Kier alpha value is -2.30. The van der Waals surface area contributed by atoms with Crippen LogP contribution >= 0.6 is 22.9 Å². The van der Waals surface area contributed by atoms with Gasteiger partial charge in [0.25, 0.3) is 0 Å². The van der Waals surface area contributed by atoms with Gasteiger partial charge in [0.05, 0.1) is 6.20 Å². The van der Waals surface area contributed by atoms with Crippen molar-refractivity contribution < 1.29 is 4.79 Å². The number of allylic oxidation sites excluding steroid dienone is 1. The van der Waals surface area contributed by atoms with Gasteiger partial charge in [-0.25, -0.2) is 4.98 Å². The number of ketones is 1. The fourth-order valence-corrected chi connectivity index (χ4v) is 2.92. The molecular formula is C17H11ClN2OS. The molecule has 0 unspecified atom stereocenters. The summed E-state index contributed by atoms with van der Waals surface area (Å²) in [5.74, 6) is -0.158. The van der Waals surface area contributed by atoms with Crippen molar-refractivity contribution in [1.82, 2.24) is 9.97 Å². The molecule has 5 heteroatoms. The van der Waals surface area contributed by atoms with Crippen molar-refractivity contribution in [2.75, 3.05) is 0 Å². The van der Waals surface area contributed by atoms with E-state index in [1.54, 1.807) is 17.4 Å². The summed E-state index contributed by atoms with van der Waals surface area (Å²) in [5.41, 5.74) is 1.45. The van der Waals surface area contributed by atoms with Gasteiger partial charge < -0.3 is 0 Å². The number of halogens is 1. The molecule has 2 aromatic heterocycles. The van der Waals surface area contributed by atoms with Gasteiger partial charge in [0.1, 0.15) is 5.69 Å². The monoisotopic (exact) mass is 326 g/mol. The Kier molecular flexibility index (Phi) is 4.42. The Morgan fingerprint density at radius 1 is 1.09 bits per heavy atom. The molecule has 0 atom stereocenters. The maximum absolute atomic E-state index is 11.9. The van der Waals surface area contributed by atoms with Crippen LogP contribution in [0.5, 0.6) is 0 Å². The number of carbonyl (C=O) groups excluding carboxylic acids is 1. The van der Waals surface area contributed by atoms with Gasteiger partial charge in [-0.15, -0.1) is 11.3 Å². The molecule has 0 aliphatic rings. The van der Waals surface area contributed by atoms with Crippen LogP contribution in [0.15, 0.2) is 61.1 Å². The predicted octanol–water partition coefficient (Wildman–Crippen LogP) is 4.75. The lowest BCUT2D eigenvalue weighted by atomic mass is 10.2. The Balaban J connectivity index is 1.75. The summed E-state index contributed by atoms with van der Waals surface area (Å²) in [7, 11) is 0. The minimum Gasteiger partial charge on any atom is -0.287 e. The normalized spacial score (nSPS) is 11.0. The van der Waals surface area contributed by atoms with Crippen LogP contribution < -0.4 is 0 Å². The molecule has 0 aliphatic heterocycles. The summed E-state index contributed by atoms with van der Waals surface area (Å²) in [6, 6.07) is 11.7. The van der Waals surface area contributed by atoms with Crippen molar-refractivity contribution in [2.45, 2.75) is 0 Å². The predicted molar refractivity (Wildman–Crippen MR) is 90.2 cm³/mol. The first-order valence-corrected chi connectivity index (χ1v) is 7.76. The van der Waals surface area contributed by atoms with Crippen LogP contribution in [0.2, 0.25) is 5.02 Å². The largest absolute Gasteiger partial charge is 0.287 e. The van der Waals surface area contributed by atoms with Gasteiger partial charge in [0, 0.05) is 27.2 Å². The maximum atomic E-state index is 11.9. The summed E-state index contributed by atoms with van der Waals surface area (Å²) in [6.07, 6.45) is 7.81. The SMILES string of the molecule is O=C(/C=C/c1ccc(-c2ccc(Cl)cc2)s1)c1cnccn1. The summed E-state index contributed by atoms with van der Waals surface area (Å²) >= 11 is 7.50. The summed E-state index contributed by atoms with van der Waals surface area (Å²) in [6.45, 7) is 0. The summed E-state index contributed by atoms with van der Waals surface area (Å²) < 4.78 is 0. The van der Waals surface area contributed by atoms with Crippen molar-refractivity contribution in [3.8, 4) is 10.4 Å². The second kappa shape index (κ2) is 6.64. The summed E-state index contributed by atoms with van der Waals surface area (Å²) in [5, 5.41) is 0.718.